The molecule has 3 aromatic rings. The van der Waals surface area contributed by atoms with Gasteiger partial charge in [-0.1, -0.05) is 35.5 Å². The fourth-order valence-corrected chi connectivity index (χ4v) is 2.41. The number of aromatic nitrogens is 3. The first-order valence-electron chi connectivity index (χ1n) is 7.93. The van der Waals surface area contributed by atoms with Gasteiger partial charge in [0.15, 0.2) is 5.82 Å². The van der Waals surface area contributed by atoms with E-state index in [0.29, 0.717) is 23.2 Å². The van der Waals surface area contributed by atoms with Crippen molar-refractivity contribution in [3.05, 3.63) is 65.3 Å². The zero-order chi connectivity index (χ0) is 17.8. The second-order valence-electron chi connectivity index (χ2n) is 5.74. The van der Waals surface area contributed by atoms with Crippen LogP contribution in [-0.2, 0) is 0 Å². The normalized spacial score (nSPS) is 11.8. The summed E-state index contributed by atoms with van der Waals surface area (Å²) in [6.45, 7) is 5.53. The van der Waals surface area contributed by atoms with Gasteiger partial charge in [-0.3, -0.25) is 4.79 Å². The summed E-state index contributed by atoms with van der Waals surface area (Å²) in [5.74, 6) is 1.70. The Labute approximate surface area is 145 Å². The summed E-state index contributed by atoms with van der Waals surface area (Å²) >= 11 is 0. The topological polar surface area (TPSA) is 92.9 Å². The number of carbonyl (C=O) groups is 1. The number of anilines is 2. The van der Waals surface area contributed by atoms with Crippen molar-refractivity contribution in [1.29, 1.82) is 0 Å². The fourth-order valence-electron chi connectivity index (χ4n) is 2.41. The molecule has 0 saturated carbocycles. The Kier molecular flexibility index (Phi) is 4.74. The van der Waals surface area contributed by atoms with E-state index in [1.165, 1.54) is 0 Å². The Balaban J connectivity index is 1.77. The van der Waals surface area contributed by atoms with Gasteiger partial charge in [0.05, 0.1) is 0 Å². The lowest BCUT2D eigenvalue weighted by Gasteiger charge is -2.15. The van der Waals surface area contributed by atoms with Gasteiger partial charge in [-0.15, -0.1) is 0 Å². The predicted octanol–water partition coefficient (Wildman–Crippen LogP) is 3.51. The van der Waals surface area contributed by atoms with Gasteiger partial charge in [-0.2, -0.15) is 0 Å². The Morgan fingerprint density at radius 1 is 1.08 bits per heavy atom. The van der Waals surface area contributed by atoms with Gasteiger partial charge < -0.3 is 15.2 Å². The second kappa shape index (κ2) is 7.12. The van der Waals surface area contributed by atoms with Crippen molar-refractivity contribution in [1.82, 2.24) is 15.1 Å². The van der Waals surface area contributed by atoms with Crippen LogP contribution in [0.2, 0.25) is 0 Å². The monoisotopic (exact) mass is 337 g/mol. The summed E-state index contributed by atoms with van der Waals surface area (Å²) in [5, 5.41) is 9.70. The SMILES string of the molecule is Cc1nc(NC(C)c2ccccc2)cc(C(=O)Nc2cc(C)on2)n1. The minimum atomic E-state index is -0.366. The highest BCUT2D eigenvalue weighted by molar-refractivity contribution is 6.02. The molecule has 3 rings (SSSR count). The van der Waals surface area contributed by atoms with Gasteiger partial charge >= 0.3 is 0 Å². The molecule has 0 radical (unpaired) electrons. The lowest BCUT2D eigenvalue weighted by Crippen LogP contribution is -2.16. The van der Waals surface area contributed by atoms with Gasteiger partial charge in [0.2, 0.25) is 0 Å². The predicted molar refractivity (Wildman–Crippen MR) is 94.4 cm³/mol. The molecule has 0 fully saturated rings. The van der Waals surface area contributed by atoms with Crippen molar-refractivity contribution < 1.29 is 9.32 Å². The zero-order valence-electron chi connectivity index (χ0n) is 14.3. The summed E-state index contributed by atoms with van der Waals surface area (Å²) in [6, 6.07) is 13.3. The maximum atomic E-state index is 12.4. The first kappa shape index (κ1) is 16.6. The number of aryl methyl sites for hydroxylation is 2. The van der Waals surface area contributed by atoms with Crippen molar-refractivity contribution in [2.45, 2.75) is 26.8 Å². The van der Waals surface area contributed by atoms with Gasteiger partial charge in [0, 0.05) is 18.2 Å². The number of nitrogens with one attached hydrogen (secondary N) is 2. The third-order valence-electron chi connectivity index (χ3n) is 3.60. The van der Waals surface area contributed by atoms with Crippen molar-refractivity contribution in [2.75, 3.05) is 10.6 Å². The van der Waals surface area contributed by atoms with Crippen LogP contribution in [0.25, 0.3) is 0 Å². The highest BCUT2D eigenvalue weighted by atomic mass is 16.5. The smallest absolute Gasteiger partial charge is 0.275 e. The van der Waals surface area contributed by atoms with Gasteiger partial charge in [0.1, 0.15) is 23.1 Å². The Hall–Kier alpha value is -3.22. The van der Waals surface area contributed by atoms with E-state index in [2.05, 4.69) is 25.8 Å². The van der Waals surface area contributed by atoms with Crippen molar-refractivity contribution in [2.24, 2.45) is 0 Å². The molecule has 1 aromatic carbocycles. The Morgan fingerprint density at radius 3 is 2.52 bits per heavy atom. The Bertz CT molecular complexity index is 876. The number of hydrogen-bond acceptors (Lipinski definition) is 6. The zero-order valence-corrected chi connectivity index (χ0v) is 14.3. The van der Waals surface area contributed by atoms with E-state index in [9.17, 15) is 4.79 Å². The summed E-state index contributed by atoms with van der Waals surface area (Å²) in [4.78, 5) is 20.9. The number of amides is 1. The molecule has 0 aliphatic heterocycles. The van der Waals surface area contributed by atoms with Crippen LogP contribution in [-0.4, -0.2) is 21.0 Å². The largest absolute Gasteiger partial charge is 0.363 e. The maximum absolute atomic E-state index is 12.4. The average molecular weight is 337 g/mol. The van der Waals surface area contributed by atoms with Crippen molar-refractivity contribution in [3.63, 3.8) is 0 Å². The second-order valence-corrected chi connectivity index (χ2v) is 5.74. The molecule has 0 aliphatic carbocycles. The van der Waals surface area contributed by atoms with E-state index in [1.54, 1.807) is 26.0 Å². The van der Waals surface area contributed by atoms with E-state index in [1.807, 2.05) is 37.3 Å². The summed E-state index contributed by atoms with van der Waals surface area (Å²) < 4.78 is 4.94. The number of nitrogens with zero attached hydrogens (tertiary/aromatic N) is 3. The molecule has 0 saturated heterocycles. The molecule has 0 spiro atoms. The van der Waals surface area contributed by atoms with Crippen LogP contribution in [0.15, 0.2) is 47.0 Å². The molecule has 1 amide bonds. The van der Waals surface area contributed by atoms with Crippen LogP contribution in [0.3, 0.4) is 0 Å². The van der Waals surface area contributed by atoms with Crippen LogP contribution in [0, 0.1) is 13.8 Å². The lowest BCUT2D eigenvalue weighted by atomic mass is 10.1. The van der Waals surface area contributed by atoms with Gasteiger partial charge in [0.25, 0.3) is 5.91 Å². The first-order chi connectivity index (χ1) is 12.0. The number of benzene rings is 1. The number of carbonyl (C=O) groups excluding carboxylic acids is 1. The van der Waals surface area contributed by atoms with Gasteiger partial charge in [-0.05, 0) is 26.3 Å². The van der Waals surface area contributed by atoms with E-state index in [4.69, 9.17) is 4.52 Å². The molecule has 128 valence electrons. The molecule has 2 N–H and O–H groups in total. The van der Waals surface area contributed by atoms with Crippen LogP contribution >= 0.6 is 0 Å². The quantitative estimate of drug-likeness (QED) is 0.740. The maximum Gasteiger partial charge on any atom is 0.275 e. The molecular weight excluding hydrogens is 318 g/mol. The highest BCUT2D eigenvalue weighted by Gasteiger charge is 2.14. The van der Waals surface area contributed by atoms with Crippen molar-refractivity contribution >= 4 is 17.5 Å². The first-order valence-corrected chi connectivity index (χ1v) is 7.93. The van der Waals surface area contributed by atoms with Gasteiger partial charge in [-0.25, -0.2) is 9.97 Å². The summed E-state index contributed by atoms with van der Waals surface area (Å²) in [7, 11) is 0. The highest BCUT2D eigenvalue weighted by Crippen LogP contribution is 2.18. The van der Waals surface area contributed by atoms with E-state index in [0.717, 1.165) is 5.56 Å². The van der Waals surface area contributed by atoms with Crippen molar-refractivity contribution in [3.8, 4) is 0 Å². The summed E-state index contributed by atoms with van der Waals surface area (Å²) in [6.07, 6.45) is 0. The molecule has 2 heterocycles. The van der Waals surface area contributed by atoms with Crippen LogP contribution in [0.1, 0.15) is 40.6 Å². The fraction of sp³-hybridized carbons (Fsp3) is 0.222. The van der Waals surface area contributed by atoms with Crippen LogP contribution in [0.4, 0.5) is 11.6 Å². The molecule has 1 unspecified atom stereocenters. The number of rotatable bonds is 5. The lowest BCUT2D eigenvalue weighted by molar-refractivity contribution is 0.102. The molecule has 7 heteroatoms. The molecule has 0 aliphatic rings. The molecule has 25 heavy (non-hydrogen) atoms. The van der Waals surface area contributed by atoms with Crippen LogP contribution in [0.5, 0.6) is 0 Å². The molecular formula is C18H19N5O2. The third kappa shape index (κ3) is 4.20. The van der Waals surface area contributed by atoms with E-state index < -0.39 is 0 Å². The molecule has 2 aromatic heterocycles. The average Bonchev–Trinajstić information content (AvgIpc) is 3.00. The summed E-state index contributed by atoms with van der Waals surface area (Å²) in [5.41, 5.74) is 1.39. The van der Waals surface area contributed by atoms with E-state index >= 15 is 0 Å². The van der Waals surface area contributed by atoms with Crippen LogP contribution < -0.4 is 10.6 Å². The minimum Gasteiger partial charge on any atom is -0.363 e. The minimum absolute atomic E-state index is 0.0459. The molecule has 0 bridgehead atoms. The number of hydrogen-bond donors (Lipinski definition) is 2. The Morgan fingerprint density at radius 2 is 1.84 bits per heavy atom. The molecule has 1 atom stereocenters. The third-order valence-corrected chi connectivity index (χ3v) is 3.60. The van der Waals surface area contributed by atoms with E-state index in [-0.39, 0.29) is 17.6 Å². The molecule has 7 nitrogen and oxygen atoms in total. The standard InChI is InChI=1S/C18H19N5O2/c1-11-9-17(23-25-11)22-18(24)15-10-16(21-13(3)20-15)19-12(2)14-7-5-4-6-8-14/h4-10,12H,1-3H3,(H,19,20,21)(H,22,23,24).